The second-order valence-electron chi connectivity index (χ2n) is 5.69. The molecule has 10 heteroatoms. The largest absolute Gasteiger partial charge is 0.494 e. The van der Waals surface area contributed by atoms with Crippen LogP contribution in [0.2, 0.25) is 0 Å². The Morgan fingerprint density at radius 3 is 2.52 bits per heavy atom. The lowest BCUT2D eigenvalue weighted by Gasteiger charge is -2.12. The molecule has 1 aromatic heterocycles. The molecule has 0 saturated heterocycles. The number of halogens is 4. The molecule has 0 bridgehead atoms. The second-order valence-corrected chi connectivity index (χ2v) is 9.01. The Morgan fingerprint density at radius 1 is 1.17 bits per heavy atom. The maximum Gasteiger partial charge on any atom is 0.339 e. The molecule has 2 N–H and O–H groups in total. The quantitative estimate of drug-likeness (QED) is 0.313. The van der Waals surface area contributed by atoms with Gasteiger partial charge in [-0.2, -0.15) is 0 Å². The first-order valence-corrected chi connectivity index (χ1v) is 11.1. The Labute approximate surface area is 194 Å². The summed E-state index contributed by atoms with van der Waals surface area (Å²) >= 11 is 11.1. The molecule has 0 radical (unpaired) electrons. The highest BCUT2D eigenvalue weighted by Crippen LogP contribution is 2.42. The van der Waals surface area contributed by atoms with Crippen molar-refractivity contribution in [3.63, 3.8) is 0 Å². The van der Waals surface area contributed by atoms with E-state index in [0.717, 1.165) is 11.3 Å². The van der Waals surface area contributed by atoms with Crippen molar-refractivity contribution < 1.29 is 23.8 Å². The predicted molar refractivity (Wildman–Crippen MR) is 121 cm³/mol. The fourth-order valence-electron chi connectivity index (χ4n) is 2.63. The molecule has 0 aliphatic heterocycles. The lowest BCUT2D eigenvalue weighted by Crippen LogP contribution is -2.14. The van der Waals surface area contributed by atoms with Gasteiger partial charge in [-0.05, 0) is 71.6 Å². The van der Waals surface area contributed by atoms with Gasteiger partial charge in [-0.15, -0.1) is 11.3 Å². The van der Waals surface area contributed by atoms with E-state index in [1.165, 1.54) is 25.3 Å². The highest BCUT2D eigenvalue weighted by atomic mass is 79.9. The fraction of sp³-hybridized carbons (Fsp3) is 0.0526. The number of carbonyl (C=O) groups is 2. The number of carboxylic acids is 1. The molecule has 0 atom stereocenters. The van der Waals surface area contributed by atoms with Crippen molar-refractivity contribution in [2.24, 2.45) is 0 Å². The van der Waals surface area contributed by atoms with Gasteiger partial charge in [-0.3, -0.25) is 4.79 Å². The van der Waals surface area contributed by atoms with Gasteiger partial charge in [0.15, 0.2) is 0 Å². The topological polar surface area (TPSA) is 75.6 Å². The summed E-state index contributed by atoms with van der Waals surface area (Å²) in [5.74, 6) is -1.72. The number of carboxylic acid groups (broad SMARTS) is 1. The number of methoxy groups -OCH3 is 1. The third-order valence-electron chi connectivity index (χ3n) is 3.93. The number of hydrogen-bond acceptors (Lipinski definition) is 4. The molecular formula is C19H11Br3FNO4S. The Balaban J connectivity index is 2.01. The summed E-state index contributed by atoms with van der Waals surface area (Å²) in [6.07, 6.45) is 0. The summed E-state index contributed by atoms with van der Waals surface area (Å²) in [4.78, 5) is 24.7. The molecule has 5 nitrogen and oxygen atoms in total. The molecule has 0 aliphatic carbocycles. The lowest BCUT2D eigenvalue weighted by atomic mass is 10.0. The van der Waals surface area contributed by atoms with Crippen LogP contribution >= 0.6 is 59.1 Å². The maximum absolute atomic E-state index is 13.6. The van der Waals surface area contributed by atoms with Crippen LogP contribution in [0.15, 0.2) is 49.1 Å². The smallest absolute Gasteiger partial charge is 0.339 e. The molecule has 150 valence electrons. The second kappa shape index (κ2) is 8.95. The van der Waals surface area contributed by atoms with Gasteiger partial charge < -0.3 is 15.2 Å². The van der Waals surface area contributed by atoms with E-state index < -0.39 is 17.7 Å². The number of anilines is 1. The van der Waals surface area contributed by atoms with Gasteiger partial charge in [0.1, 0.15) is 22.1 Å². The van der Waals surface area contributed by atoms with E-state index in [9.17, 15) is 19.1 Å². The maximum atomic E-state index is 13.6. The Bertz CT molecular complexity index is 1130. The van der Waals surface area contributed by atoms with Crippen molar-refractivity contribution in [1.82, 2.24) is 0 Å². The zero-order chi connectivity index (χ0) is 21.3. The van der Waals surface area contributed by atoms with Gasteiger partial charge in [-0.1, -0.05) is 12.1 Å². The number of benzene rings is 2. The van der Waals surface area contributed by atoms with Crippen LogP contribution in [0, 0.1) is 5.82 Å². The third kappa shape index (κ3) is 4.40. The standard InChI is InChI=1S/C19H11Br3FNO4S/c1-28-16-12(20)6-10(14(21)15(16)22)17(25)24-18-13(19(26)27)11(7-29-18)8-3-2-4-9(23)5-8/h2-7H,1H3,(H,24,25)(H,26,27). The van der Waals surface area contributed by atoms with Crippen LogP contribution in [-0.4, -0.2) is 24.1 Å². The van der Waals surface area contributed by atoms with Crippen LogP contribution in [0.25, 0.3) is 11.1 Å². The van der Waals surface area contributed by atoms with Crippen LogP contribution in [0.3, 0.4) is 0 Å². The van der Waals surface area contributed by atoms with Gasteiger partial charge in [0.2, 0.25) is 0 Å². The first-order chi connectivity index (χ1) is 13.7. The zero-order valence-corrected chi connectivity index (χ0v) is 20.1. The summed E-state index contributed by atoms with van der Waals surface area (Å²) in [5, 5.41) is 14.0. The fourth-order valence-corrected chi connectivity index (χ4v) is 5.51. The number of ether oxygens (including phenoxy) is 1. The van der Waals surface area contributed by atoms with Crippen molar-refractivity contribution in [3.8, 4) is 16.9 Å². The monoisotopic (exact) mass is 605 g/mol. The minimum Gasteiger partial charge on any atom is -0.494 e. The number of aromatic carboxylic acids is 1. The van der Waals surface area contributed by atoms with E-state index in [1.807, 2.05) is 0 Å². The number of amides is 1. The Hall–Kier alpha value is -1.75. The minimum absolute atomic E-state index is 0.100. The number of nitrogens with one attached hydrogen (secondary N) is 1. The molecule has 3 rings (SSSR count). The van der Waals surface area contributed by atoms with Gasteiger partial charge >= 0.3 is 5.97 Å². The molecule has 0 fully saturated rings. The first kappa shape index (κ1) is 21.9. The number of rotatable bonds is 5. The molecule has 3 aromatic rings. The van der Waals surface area contributed by atoms with Crippen LogP contribution < -0.4 is 10.1 Å². The summed E-state index contributed by atoms with van der Waals surface area (Å²) < 4.78 is 20.4. The van der Waals surface area contributed by atoms with Gasteiger partial charge in [0.25, 0.3) is 5.91 Å². The lowest BCUT2D eigenvalue weighted by molar-refractivity contribution is 0.0699. The molecule has 1 heterocycles. The highest BCUT2D eigenvalue weighted by Gasteiger charge is 2.24. The average molecular weight is 608 g/mol. The molecule has 0 spiro atoms. The molecular weight excluding hydrogens is 597 g/mol. The summed E-state index contributed by atoms with van der Waals surface area (Å²) in [5.41, 5.74) is 0.905. The number of hydrogen-bond donors (Lipinski definition) is 2. The number of carbonyl (C=O) groups excluding carboxylic acids is 1. The molecule has 1 amide bonds. The van der Waals surface area contributed by atoms with Crippen molar-refractivity contribution in [1.29, 1.82) is 0 Å². The zero-order valence-electron chi connectivity index (χ0n) is 14.6. The molecule has 29 heavy (non-hydrogen) atoms. The Kier molecular flexibility index (Phi) is 6.77. The summed E-state index contributed by atoms with van der Waals surface area (Å²) in [6.45, 7) is 0. The van der Waals surface area contributed by atoms with Crippen molar-refractivity contribution in [2.75, 3.05) is 12.4 Å². The van der Waals surface area contributed by atoms with E-state index in [4.69, 9.17) is 4.74 Å². The molecule has 0 unspecified atom stereocenters. The van der Waals surface area contributed by atoms with Crippen LogP contribution in [-0.2, 0) is 0 Å². The van der Waals surface area contributed by atoms with Gasteiger partial charge in [0, 0.05) is 15.4 Å². The average Bonchev–Trinajstić information content (AvgIpc) is 3.09. The minimum atomic E-state index is -1.23. The third-order valence-corrected chi connectivity index (χ3v) is 7.53. The van der Waals surface area contributed by atoms with Gasteiger partial charge in [0.05, 0.1) is 21.6 Å². The van der Waals surface area contributed by atoms with E-state index in [1.54, 1.807) is 17.5 Å². The first-order valence-electron chi connectivity index (χ1n) is 7.88. The van der Waals surface area contributed by atoms with E-state index in [0.29, 0.717) is 30.3 Å². The molecule has 0 aliphatic rings. The van der Waals surface area contributed by atoms with Crippen molar-refractivity contribution >= 4 is 76.0 Å². The highest BCUT2D eigenvalue weighted by molar-refractivity contribution is 9.13. The SMILES string of the molecule is COc1c(Br)cc(C(=O)Nc2scc(-c3cccc(F)c3)c2C(=O)O)c(Br)c1Br. The van der Waals surface area contributed by atoms with Crippen molar-refractivity contribution in [2.45, 2.75) is 0 Å². The Morgan fingerprint density at radius 2 is 1.90 bits per heavy atom. The summed E-state index contributed by atoms with van der Waals surface area (Å²) in [6, 6.07) is 7.18. The van der Waals surface area contributed by atoms with Crippen molar-refractivity contribution in [3.05, 3.63) is 66.1 Å². The van der Waals surface area contributed by atoms with E-state index >= 15 is 0 Å². The predicted octanol–water partition coefficient (Wildman–Crippen LogP) is 6.80. The van der Waals surface area contributed by atoms with Gasteiger partial charge in [-0.25, -0.2) is 9.18 Å². The number of thiophene rings is 1. The van der Waals surface area contributed by atoms with E-state index in [2.05, 4.69) is 53.1 Å². The van der Waals surface area contributed by atoms with E-state index in [-0.39, 0.29) is 16.1 Å². The summed E-state index contributed by atoms with van der Waals surface area (Å²) in [7, 11) is 1.50. The molecule has 2 aromatic carbocycles. The van der Waals surface area contributed by atoms with Crippen LogP contribution in [0.5, 0.6) is 5.75 Å². The molecule has 0 saturated carbocycles. The van der Waals surface area contributed by atoms with Crippen LogP contribution in [0.1, 0.15) is 20.7 Å². The van der Waals surface area contributed by atoms with Crippen LogP contribution in [0.4, 0.5) is 9.39 Å². The normalized spacial score (nSPS) is 10.7.